The van der Waals surface area contributed by atoms with E-state index in [0.717, 1.165) is 5.56 Å². The van der Waals surface area contributed by atoms with Gasteiger partial charge in [-0.1, -0.05) is 0 Å². The Morgan fingerprint density at radius 3 is 2.41 bits per heavy atom. The van der Waals surface area contributed by atoms with Gasteiger partial charge in [-0.15, -0.1) is 0 Å². The highest BCUT2D eigenvalue weighted by molar-refractivity contribution is 5.96. The van der Waals surface area contributed by atoms with Gasteiger partial charge in [-0.2, -0.15) is 0 Å². The fourth-order valence-electron chi connectivity index (χ4n) is 3.31. The number of aliphatic hydroxyl groups excluding tert-OH is 1. The number of halogens is 1. The van der Waals surface area contributed by atoms with Gasteiger partial charge in [-0.05, 0) is 69.7 Å². The lowest BCUT2D eigenvalue weighted by molar-refractivity contribution is -0.0628. The van der Waals surface area contributed by atoms with E-state index in [1.165, 1.54) is 31.2 Å². The first-order chi connectivity index (χ1) is 12.6. The number of amides is 1. The van der Waals surface area contributed by atoms with E-state index >= 15 is 0 Å². The fraction of sp³-hybridized carbons (Fsp3) is 0.333. The van der Waals surface area contributed by atoms with Crippen LogP contribution in [0.25, 0.3) is 0 Å². The van der Waals surface area contributed by atoms with E-state index in [1.54, 1.807) is 26.0 Å². The largest absolute Gasteiger partial charge is 0.485 e. The van der Waals surface area contributed by atoms with Crippen LogP contribution >= 0.6 is 0 Å². The fourth-order valence-corrected chi connectivity index (χ4v) is 3.31. The van der Waals surface area contributed by atoms with Gasteiger partial charge in [0.15, 0.2) is 5.78 Å². The van der Waals surface area contributed by atoms with Crippen LogP contribution in [0.4, 0.5) is 4.39 Å². The molecule has 0 fully saturated rings. The summed E-state index contributed by atoms with van der Waals surface area (Å²) in [5, 5.41) is 13.6. The van der Waals surface area contributed by atoms with Crippen LogP contribution in [0.15, 0.2) is 36.4 Å². The van der Waals surface area contributed by atoms with Crippen LogP contribution in [0.5, 0.6) is 5.75 Å². The summed E-state index contributed by atoms with van der Waals surface area (Å²) in [6.07, 6.45) is -1.04. The number of aliphatic hydroxyl groups is 1. The summed E-state index contributed by atoms with van der Waals surface area (Å²) in [6, 6.07) is 7.77. The molecule has 0 radical (unpaired) electrons. The number of hydrogen-bond acceptors (Lipinski definition) is 4. The third kappa shape index (κ3) is 3.57. The minimum absolute atomic E-state index is 0.113. The van der Waals surface area contributed by atoms with E-state index in [1.807, 2.05) is 6.92 Å². The lowest BCUT2D eigenvalue weighted by Gasteiger charge is -2.42. The SMILES string of the molecule is CC(=O)c1cc2c(cc1C)OC(C)(C)C(O)C2NC(=O)c1ccc(F)cc1. The number of aryl methyl sites for hydroxylation is 1. The van der Waals surface area contributed by atoms with Crippen LogP contribution in [0.2, 0.25) is 0 Å². The Morgan fingerprint density at radius 2 is 1.81 bits per heavy atom. The zero-order chi connectivity index (χ0) is 19.9. The molecular weight excluding hydrogens is 349 g/mol. The number of ketones is 1. The van der Waals surface area contributed by atoms with Crippen LogP contribution in [0.3, 0.4) is 0 Å². The molecule has 0 spiro atoms. The summed E-state index contributed by atoms with van der Waals surface area (Å²) in [7, 11) is 0. The molecule has 0 saturated heterocycles. The number of fused-ring (bicyclic) bond motifs is 1. The van der Waals surface area contributed by atoms with E-state index in [9.17, 15) is 19.1 Å². The summed E-state index contributed by atoms with van der Waals surface area (Å²) in [4.78, 5) is 24.5. The average Bonchev–Trinajstić information content (AvgIpc) is 2.58. The number of rotatable bonds is 3. The van der Waals surface area contributed by atoms with Crippen molar-refractivity contribution >= 4 is 11.7 Å². The first-order valence-electron chi connectivity index (χ1n) is 8.69. The molecule has 1 amide bonds. The van der Waals surface area contributed by atoms with Gasteiger partial charge in [0.1, 0.15) is 23.3 Å². The molecule has 0 saturated carbocycles. The quantitative estimate of drug-likeness (QED) is 0.812. The topological polar surface area (TPSA) is 75.6 Å². The molecule has 2 atom stereocenters. The van der Waals surface area contributed by atoms with E-state index in [0.29, 0.717) is 16.9 Å². The summed E-state index contributed by atoms with van der Waals surface area (Å²) >= 11 is 0. The highest BCUT2D eigenvalue weighted by Crippen LogP contribution is 2.41. The smallest absolute Gasteiger partial charge is 0.251 e. The van der Waals surface area contributed by atoms with Gasteiger partial charge in [0, 0.05) is 16.7 Å². The Hall–Kier alpha value is -2.73. The Balaban J connectivity index is 2.03. The number of carbonyl (C=O) groups is 2. The molecule has 3 rings (SSSR count). The molecule has 2 aromatic rings. The van der Waals surface area contributed by atoms with Crippen molar-refractivity contribution < 1.29 is 23.8 Å². The van der Waals surface area contributed by atoms with Gasteiger partial charge in [0.05, 0.1) is 6.04 Å². The lowest BCUT2D eigenvalue weighted by Crippen LogP contribution is -2.53. The number of nitrogens with one attached hydrogen (secondary N) is 1. The number of ether oxygens (including phenoxy) is 1. The van der Waals surface area contributed by atoms with Gasteiger partial charge in [0.25, 0.3) is 5.91 Å². The molecule has 1 aliphatic rings. The van der Waals surface area contributed by atoms with Gasteiger partial charge in [-0.3, -0.25) is 9.59 Å². The van der Waals surface area contributed by atoms with Crippen molar-refractivity contribution in [2.75, 3.05) is 0 Å². The third-order valence-corrected chi connectivity index (χ3v) is 4.87. The van der Waals surface area contributed by atoms with E-state index < -0.39 is 29.5 Å². The molecule has 0 bridgehead atoms. The average molecular weight is 371 g/mol. The molecule has 2 aromatic carbocycles. The van der Waals surface area contributed by atoms with Gasteiger partial charge in [-0.25, -0.2) is 4.39 Å². The summed E-state index contributed by atoms with van der Waals surface area (Å²) in [5.41, 5.74) is 1.13. The minimum Gasteiger partial charge on any atom is -0.485 e. The molecule has 27 heavy (non-hydrogen) atoms. The first kappa shape index (κ1) is 19.0. The predicted octanol–water partition coefficient (Wildman–Crippen LogP) is 3.34. The molecule has 1 heterocycles. The van der Waals surface area contributed by atoms with E-state index in [2.05, 4.69) is 5.32 Å². The maximum absolute atomic E-state index is 13.1. The lowest BCUT2D eigenvalue weighted by atomic mass is 9.84. The molecule has 6 heteroatoms. The molecule has 1 aliphatic heterocycles. The van der Waals surface area contributed by atoms with E-state index in [4.69, 9.17) is 4.74 Å². The molecular formula is C21H22FNO4. The Morgan fingerprint density at radius 1 is 1.19 bits per heavy atom. The molecule has 0 aliphatic carbocycles. The van der Waals surface area contributed by atoms with Crippen molar-refractivity contribution in [1.29, 1.82) is 0 Å². The number of hydrogen-bond donors (Lipinski definition) is 2. The van der Waals surface area contributed by atoms with Crippen molar-refractivity contribution in [3.05, 3.63) is 64.5 Å². The van der Waals surface area contributed by atoms with Crippen molar-refractivity contribution in [1.82, 2.24) is 5.32 Å². The first-order valence-corrected chi connectivity index (χ1v) is 8.69. The highest BCUT2D eigenvalue weighted by Gasteiger charge is 2.44. The summed E-state index contributed by atoms with van der Waals surface area (Å²) in [6.45, 7) is 6.73. The number of carbonyl (C=O) groups excluding carboxylic acids is 2. The monoisotopic (exact) mass is 371 g/mol. The van der Waals surface area contributed by atoms with Gasteiger partial charge in [0.2, 0.25) is 0 Å². The zero-order valence-corrected chi connectivity index (χ0v) is 15.7. The predicted molar refractivity (Wildman–Crippen MR) is 98.5 cm³/mol. The van der Waals surface area contributed by atoms with Crippen molar-refractivity contribution in [2.45, 2.75) is 45.4 Å². The van der Waals surface area contributed by atoms with E-state index in [-0.39, 0.29) is 11.3 Å². The van der Waals surface area contributed by atoms with Crippen molar-refractivity contribution in [3.8, 4) is 5.75 Å². The standard InChI is InChI=1S/C21H22FNO4/c1-11-9-17-16(10-15(11)12(2)24)18(19(25)21(3,4)27-17)23-20(26)13-5-7-14(22)8-6-13/h5-10,18-19,25H,1-4H3,(H,23,26). The second-order valence-corrected chi connectivity index (χ2v) is 7.37. The molecule has 5 nitrogen and oxygen atoms in total. The van der Waals surface area contributed by atoms with Crippen LogP contribution in [-0.4, -0.2) is 28.5 Å². The second kappa shape index (κ2) is 6.78. The molecule has 0 aromatic heterocycles. The Labute approximate surface area is 157 Å². The summed E-state index contributed by atoms with van der Waals surface area (Å²) < 4.78 is 19.0. The molecule has 2 N–H and O–H groups in total. The normalized spacial score (nSPS) is 20.4. The molecule has 142 valence electrons. The zero-order valence-electron chi connectivity index (χ0n) is 15.7. The Kier molecular flexibility index (Phi) is 4.78. The molecule has 2 unspecified atom stereocenters. The van der Waals surface area contributed by atoms with Gasteiger partial charge < -0.3 is 15.2 Å². The summed E-state index contributed by atoms with van der Waals surface area (Å²) in [5.74, 6) is -0.492. The highest BCUT2D eigenvalue weighted by atomic mass is 19.1. The second-order valence-electron chi connectivity index (χ2n) is 7.37. The number of benzene rings is 2. The Bertz CT molecular complexity index is 905. The van der Waals surface area contributed by atoms with Crippen LogP contribution < -0.4 is 10.1 Å². The number of Topliss-reactive ketones (excluding diaryl/α,β-unsaturated/α-hetero) is 1. The van der Waals surface area contributed by atoms with Crippen molar-refractivity contribution in [2.24, 2.45) is 0 Å². The third-order valence-electron chi connectivity index (χ3n) is 4.87. The van der Waals surface area contributed by atoms with Crippen LogP contribution in [0, 0.1) is 12.7 Å². The minimum atomic E-state index is -1.04. The maximum Gasteiger partial charge on any atom is 0.251 e. The van der Waals surface area contributed by atoms with Crippen LogP contribution in [0.1, 0.15) is 58.7 Å². The van der Waals surface area contributed by atoms with Gasteiger partial charge >= 0.3 is 0 Å². The maximum atomic E-state index is 13.1. The van der Waals surface area contributed by atoms with Crippen LogP contribution in [-0.2, 0) is 0 Å². The van der Waals surface area contributed by atoms with Crippen molar-refractivity contribution in [3.63, 3.8) is 0 Å².